The van der Waals surface area contributed by atoms with Crippen molar-refractivity contribution in [2.75, 3.05) is 52.5 Å². The van der Waals surface area contributed by atoms with Gasteiger partial charge in [0.2, 0.25) is 5.91 Å². The van der Waals surface area contributed by atoms with Crippen molar-refractivity contribution in [2.24, 2.45) is 7.05 Å². The number of halogens is 1. The Kier molecular flexibility index (Phi) is 7.28. The van der Waals surface area contributed by atoms with E-state index in [1.807, 2.05) is 22.7 Å². The van der Waals surface area contributed by atoms with E-state index < -0.39 is 16.1 Å². The van der Waals surface area contributed by atoms with Gasteiger partial charge in [0.1, 0.15) is 5.03 Å². The van der Waals surface area contributed by atoms with E-state index in [4.69, 9.17) is 16.3 Å². The van der Waals surface area contributed by atoms with Crippen molar-refractivity contribution >= 4 is 44.5 Å². The van der Waals surface area contributed by atoms with Gasteiger partial charge in [-0.1, -0.05) is 11.6 Å². The molecule has 3 amide bonds. The molecule has 3 aliphatic rings. The van der Waals surface area contributed by atoms with Gasteiger partial charge in [-0.3, -0.25) is 4.79 Å². The molecule has 13 heteroatoms. The number of morpholine rings is 1. The minimum Gasteiger partial charge on any atom is -0.378 e. The largest absolute Gasteiger partial charge is 0.378 e. The van der Waals surface area contributed by atoms with E-state index >= 15 is 0 Å². The van der Waals surface area contributed by atoms with Gasteiger partial charge < -0.3 is 29.0 Å². The maximum atomic E-state index is 13.9. The second kappa shape index (κ2) is 10.7. The summed E-state index contributed by atoms with van der Waals surface area (Å²) < 4.78 is 36.6. The highest BCUT2D eigenvalue weighted by molar-refractivity contribution is 7.89. The average molecular weight is 589 g/mol. The number of carbonyl (C=O) groups excluding carboxylic acids is 2. The quantitative estimate of drug-likeness (QED) is 0.503. The molecule has 6 rings (SSSR count). The van der Waals surface area contributed by atoms with Crippen molar-refractivity contribution in [3.63, 3.8) is 0 Å². The zero-order valence-corrected chi connectivity index (χ0v) is 24.0. The Bertz CT molecular complexity index is 1550. The maximum Gasteiger partial charge on any atom is 0.320 e. The van der Waals surface area contributed by atoms with Gasteiger partial charge in [0.15, 0.2) is 0 Å². The minimum atomic E-state index is -3.99. The minimum absolute atomic E-state index is 0.0160. The van der Waals surface area contributed by atoms with E-state index in [2.05, 4.69) is 11.2 Å². The number of H-pyrrole nitrogens is 1. The first-order valence-corrected chi connectivity index (χ1v) is 15.3. The number of carbonyl (C=O) groups is 2. The number of aromatic amines is 1. The molecule has 0 spiro atoms. The summed E-state index contributed by atoms with van der Waals surface area (Å²) in [7, 11) is -2.01. The van der Waals surface area contributed by atoms with Crippen LogP contribution in [0.2, 0.25) is 5.02 Å². The molecule has 0 aliphatic carbocycles. The number of piperazine rings is 1. The number of sulfonamides is 1. The van der Waals surface area contributed by atoms with Crippen molar-refractivity contribution in [2.45, 2.75) is 30.5 Å². The van der Waals surface area contributed by atoms with Gasteiger partial charge in [0, 0.05) is 87.6 Å². The molecule has 1 aromatic carbocycles. The number of rotatable bonds is 4. The van der Waals surface area contributed by atoms with Crippen molar-refractivity contribution < 1.29 is 22.7 Å². The lowest BCUT2D eigenvalue weighted by atomic mass is 10.1. The lowest BCUT2D eigenvalue weighted by Crippen LogP contribution is -2.60. The molecule has 3 aliphatic heterocycles. The lowest BCUT2D eigenvalue weighted by Gasteiger charge is -2.42. The summed E-state index contributed by atoms with van der Waals surface area (Å²) in [5.41, 5.74) is 3.03. The second-order valence-corrected chi connectivity index (χ2v) is 13.0. The molecule has 3 aromatic rings. The molecule has 5 heterocycles. The monoisotopic (exact) mass is 588 g/mol. The van der Waals surface area contributed by atoms with Gasteiger partial charge in [-0.2, -0.15) is 4.31 Å². The molecule has 1 unspecified atom stereocenters. The summed E-state index contributed by atoms with van der Waals surface area (Å²) in [6.07, 6.45) is 4.89. The molecule has 0 saturated carbocycles. The first-order valence-electron chi connectivity index (χ1n) is 13.5. The van der Waals surface area contributed by atoms with Gasteiger partial charge in [-0.05, 0) is 41.8 Å². The number of fused-ring (bicyclic) bond motifs is 2. The van der Waals surface area contributed by atoms with Crippen molar-refractivity contribution in [3.05, 3.63) is 52.8 Å². The van der Waals surface area contributed by atoms with Crippen LogP contribution >= 0.6 is 11.6 Å². The van der Waals surface area contributed by atoms with E-state index in [0.717, 1.165) is 12.0 Å². The summed E-state index contributed by atoms with van der Waals surface area (Å²) in [6.45, 7) is 3.44. The van der Waals surface area contributed by atoms with Crippen LogP contribution in [0.4, 0.5) is 4.79 Å². The number of ether oxygens (including phenoxy) is 1. The van der Waals surface area contributed by atoms with E-state index in [-0.39, 0.29) is 43.0 Å². The third-order valence-electron chi connectivity index (χ3n) is 8.03. The third-order valence-corrected chi connectivity index (χ3v) is 10.1. The number of benzene rings is 1. The van der Waals surface area contributed by atoms with Crippen LogP contribution in [0.15, 0.2) is 41.7 Å². The smallest absolute Gasteiger partial charge is 0.320 e. The van der Waals surface area contributed by atoms with Gasteiger partial charge in [0.25, 0.3) is 10.0 Å². The van der Waals surface area contributed by atoms with Crippen LogP contribution in [0, 0.1) is 0 Å². The van der Waals surface area contributed by atoms with Crippen LogP contribution in [-0.2, 0) is 39.6 Å². The summed E-state index contributed by atoms with van der Waals surface area (Å²) in [6, 6.07) is 5.88. The van der Waals surface area contributed by atoms with Gasteiger partial charge in [0.05, 0.1) is 19.3 Å². The molecule has 11 nitrogen and oxygen atoms in total. The molecule has 214 valence electrons. The maximum absolute atomic E-state index is 13.9. The Hall–Kier alpha value is -3.06. The molecule has 2 aromatic heterocycles. The third kappa shape index (κ3) is 5.20. The molecule has 2 fully saturated rings. The van der Waals surface area contributed by atoms with Crippen molar-refractivity contribution in [1.82, 2.24) is 28.6 Å². The molecule has 1 N–H and O–H groups in total. The van der Waals surface area contributed by atoms with E-state index in [1.54, 1.807) is 34.1 Å². The Morgan fingerprint density at radius 1 is 1.00 bits per heavy atom. The fraction of sp³-hybridized carbons (Fsp3) is 0.481. The van der Waals surface area contributed by atoms with E-state index in [0.29, 0.717) is 55.3 Å². The van der Waals surface area contributed by atoms with Crippen LogP contribution in [0.1, 0.15) is 17.5 Å². The van der Waals surface area contributed by atoms with Crippen molar-refractivity contribution in [1.29, 1.82) is 0 Å². The number of hydrogen-bond acceptors (Lipinski definition) is 5. The highest BCUT2D eigenvalue weighted by atomic mass is 35.5. The van der Waals surface area contributed by atoms with Crippen LogP contribution < -0.4 is 0 Å². The average Bonchev–Trinajstić information content (AvgIpc) is 3.55. The number of aromatic nitrogens is 2. The summed E-state index contributed by atoms with van der Waals surface area (Å²) >= 11 is 6.12. The predicted octanol–water partition coefficient (Wildman–Crippen LogP) is 2.26. The fourth-order valence-electron chi connectivity index (χ4n) is 5.95. The van der Waals surface area contributed by atoms with Gasteiger partial charge in [-0.15, -0.1) is 0 Å². The summed E-state index contributed by atoms with van der Waals surface area (Å²) in [5.74, 6) is -0.141. The fourth-order valence-corrected chi connectivity index (χ4v) is 7.75. The molecular formula is C27H33ClN6O5S. The Balaban J connectivity index is 1.25. The molecule has 2 saturated heterocycles. The molecular weight excluding hydrogens is 556 g/mol. The molecule has 40 heavy (non-hydrogen) atoms. The zero-order chi connectivity index (χ0) is 28.0. The molecule has 1 atom stereocenters. The number of nitrogens with zero attached hydrogens (tertiary/aromatic N) is 5. The van der Waals surface area contributed by atoms with E-state index in [1.165, 1.54) is 9.87 Å². The Morgan fingerprint density at radius 3 is 2.58 bits per heavy atom. The summed E-state index contributed by atoms with van der Waals surface area (Å²) in [4.78, 5) is 35.1. The Morgan fingerprint density at radius 2 is 1.77 bits per heavy atom. The zero-order valence-electron chi connectivity index (χ0n) is 22.4. The Labute approximate surface area is 238 Å². The van der Waals surface area contributed by atoms with Crippen molar-refractivity contribution in [3.8, 4) is 0 Å². The second-order valence-electron chi connectivity index (χ2n) is 10.7. The topological polar surface area (TPSA) is 111 Å². The lowest BCUT2D eigenvalue weighted by molar-refractivity contribution is -0.136. The van der Waals surface area contributed by atoms with Gasteiger partial charge >= 0.3 is 6.03 Å². The first-order chi connectivity index (χ1) is 19.2. The van der Waals surface area contributed by atoms with Crippen LogP contribution in [-0.4, -0.2) is 107 Å². The van der Waals surface area contributed by atoms with E-state index in [9.17, 15) is 18.0 Å². The normalized spacial score (nSPS) is 20.6. The highest BCUT2D eigenvalue weighted by Crippen LogP contribution is 2.29. The number of urea groups is 1. The van der Waals surface area contributed by atoms with Crippen LogP contribution in [0.5, 0.6) is 0 Å². The SMILES string of the molecule is Cn1cc2c(c1)CN(C(=O)N1CCN(S(=O)(=O)c3cc4cc(Cl)ccc4[nH]3)C(CC(=O)N3CCOCC3)C1)CC2. The summed E-state index contributed by atoms with van der Waals surface area (Å²) in [5, 5.41) is 1.24. The van der Waals surface area contributed by atoms with Crippen LogP contribution in [0.3, 0.4) is 0 Å². The number of hydrogen-bond donors (Lipinski definition) is 1. The number of aryl methyl sites for hydroxylation is 1. The number of amides is 3. The number of nitrogens with one attached hydrogen (secondary N) is 1. The standard InChI is InChI=1S/C27H33ClN6O5S/c1-30-15-19-4-5-32(17-21(19)16-30)27(36)33-6-7-34(23(18-33)14-26(35)31-8-10-39-11-9-31)40(37,38)25-13-20-12-22(28)2-3-24(20)29-25/h2-3,12-13,15-16,23,29H,4-11,14,17-18H2,1H3. The van der Waals surface area contributed by atoms with Crippen LogP contribution in [0.25, 0.3) is 10.9 Å². The highest BCUT2D eigenvalue weighted by Gasteiger charge is 2.41. The molecule has 0 radical (unpaired) electrons. The first kappa shape index (κ1) is 27.1. The molecule has 0 bridgehead atoms. The van der Waals surface area contributed by atoms with Gasteiger partial charge in [-0.25, -0.2) is 13.2 Å². The predicted molar refractivity (Wildman–Crippen MR) is 150 cm³/mol.